The van der Waals surface area contributed by atoms with Gasteiger partial charge in [0.15, 0.2) is 0 Å². The molecule has 7 heteroatoms. The Bertz CT molecular complexity index is 310. The van der Waals surface area contributed by atoms with Gasteiger partial charge in [-0.3, -0.25) is 19.8 Å². The largest absolute Gasteiger partial charge is 0.294 e. The Morgan fingerprint density at radius 3 is 3.00 bits per heavy atom. The second-order valence-electron chi connectivity index (χ2n) is 3.26. The highest BCUT2D eigenvalue weighted by atomic mass is 16.2. The molecule has 1 N–H and O–H groups in total. The number of hydrogen-bond acceptors (Lipinski definition) is 4. The predicted molar refractivity (Wildman–Crippen MR) is 52.8 cm³/mol. The summed E-state index contributed by atoms with van der Waals surface area (Å²) in [6.07, 6.45) is 0.634. The lowest BCUT2D eigenvalue weighted by atomic mass is 10.1. The van der Waals surface area contributed by atoms with Crippen LogP contribution in [0.3, 0.4) is 0 Å². The molecule has 0 radical (unpaired) electrons. The van der Waals surface area contributed by atoms with Crippen molar-refractivity contribution in [2.24, 2.45) is 5.11 Å². The summed E-state index contributed by atoms with van der Waals surface area (Å²) in [4.78, 5) is 26.9. The van der Waals surface area contributed by atoms with Crippen molar-refractivity contribution in [1.82, 2.24) is 10.2 Å². The fourth-order valence-electron chi connectivity index (χ4n) is 1.62. The van der Waals surface area contributed by atoms with Crippen LogP contribution in [0, 0.1) is 0 Å². The smallest absolute Gasteiger partial charge is 0.243 e. The van der Waals surface area contributed by atoms with Gasteiger partial charge in [0.1, 0.15) is 0 Å². The highest BCUT2D eigenvalue weighted by Gasteiger charge is 2.31. The van der Waals surface area contributed by atoms with Crippen LogP contribution in [0.1, 0.15) is 13.3 Å². The second-order valence-corrected chi connectivity index (χ2v) is 3.26. The third-order valence-electron chi connectivity index (χ3n) is 2.29. The van der Waals surface area contributed by atoms with Gasteiger partial charge in [-0.05, 0) is 12.0 Å². The van der Waals surface area contributed by atoms with E-state index in [0.29, 0.717) is 13.0 Å². The van der Waals surface area contributed by atoms with Crippen molar-refractivity contribution in [2.45, 2.75) is 19.4 Å². The molecule has 1 atom stereocenters. The first-order chi connectivity index (χ1) is 7.19. The number of carbonyl (C=O) groups excluding carboxylic acids is 2. The third kappa shape index (κ3) is 2.93. The van der Waals surface area contributed by atoms with Gasteiger partial charge in [-0.1, -0.05) is 12.0 Å². The van der Waals surface area contributed by atoms with Gasteiger partial charge in [0.2, 0.25) is 11.8 Å². The Labute approximate surface area is 87.1 Å². The number of rotatable bonds is 4. The average Bonchev–Trinajstić information content (AvgIpc) is 2.17. The van der Waals surface area contributed by atoms with Crippen LogP contribution in [-0.2, 0) is 9.59 Å². The highest BCUT2D eigenvalue weighted by Crippen LogP contribution is 2.08. The van der Waals surface area contributed by atoms with Gasteiger partial charge in [-0.15, -0.1) is 0 Å². The van der Waals surface area contributed by atoms with Crippen molar-refractivity contribution in [3.05, 3.63) is 10.4 Å². The van der Waals surface area contributed by atoms with E-state index in [-0.39, 0.29) is 30.9 Å². The molecule has 1 unspecified atom stereocenters. The number of azide groups is 1. The van der Waals surface area contributed by atoms with Crippen LogP contribution in [0.15, 0.2) is 5.11 Å². The molecule has 0 aliphatic carbocycles. The minimum absolute atomic E-state index is 0.186. The first-order valence-electron chi connectivity index (χ1n) is 4.77. The number of nitrogens with one attached hydrogen (secondary N) is 1. The first kappa shape index (κ1) is 11.5. The van der Waals surface area contributed by atoms with Crippen LogP contribution in [0.25, 0.3) is 10.4 Å². The fourth-order valence-corrected chi connectivity index (χ4v) is 1.62. The summed E-state index contributed by atoms with van der Waals surface area (Å²) < 4.78 is 0. The monoisotopic (exact) mass is 211 g/mol. The highest BCUT2D eigenvalue weighted by molar-refractivity contribution is 6.01. The third-order valence-corrected chi connectivity index (χ3v) is 2.29. The number of hydrogen-bond donors (Lipinski definition) is 1. The maximum Gasteiger partial charge on any atom is 0.243 e. The fraction of sp³-hybridized carbons (Fsp3) is 0.750. The molecule has 0 spiro atoms. The molecule has 1 saturated heterocycles. The van der Waals surface area contributed by atoms with E-state index in [0.717, 1.165) is 0 Å². The zero-order chi connectivity index (χ0) is 11.3. The van der Waals surface area contributed by atoms with E-state index in [1.807, 2.05) is 6.92 Å². The summed E-state index contributed by atoms with van der Waals surface area (Å²) in [5.41, 5.74) is 8.12. The molecule has 15 heavy (non-hydrogen) atoms. The topological polar surface area (TPSA) is 98.2 Å². The Morgan fingerprint density at radius 1 is 1.67 bits per heavy atom. The molecule has 0 bridgehead atoms. The molecular weight excluding hydrogens is 198 g/mol. The van der Waals surface area contributed by atoms with Crippen molar-refractivity contribution in [3.63, 3.8) is 0 Å². The lowest BCUT2D eigenvalue weighted by Crippen LogP contribution is -2.58. The zero-order valence-electron chi connectivity index (χ0n) is 8.51. The van der Waals surface area contributed by atoms with E-state index in [4.69, 9.17) is 5.53 Å². The molecule has 2 amide bonds. The van der Waals surface area contributed by atoms with Gasteiger partial charge in [0.05, 0.1) is 12.6 Å². The van der Waals surface area contributed by atoms with Crippen molar-refractivity contribution in [1.29, 1.82) is 0 Å². The molecule has 7 nitrogen and oxygen atoms in total. The van der Waals surface area contributed by atoms with Gasteiger partial charge in [-0.2, -0.15) is 0 Å². The first-order valence-corrected chi connectivity index (χ1v) is 4.77. The molecule has 1 aliphatic heterocycles. The molecule has 1 heterocycles. The predicted octanol–water partition coefficient (Wildman–Crippen LogP) is 0.0337. The van der Waals surface area contributed by atoms with E-state index in [1.54, 1.807) is 4.90 Å². The molecule has 0 aromatic heterocycles. The van der Waals surface area contributed by atoms with Gasteiger partial charge in [-0.25, -0.2) is 0 Å². The number of carbonyl (C=O) groups is 2. The van der Waals surface area contributed by atoms with E-state index in [1.165, 1.54) is 0 Å². The summed E-state index contributed by atoms with van der Waals surface area (Å²) in [6.45, 7) is 2.76. The van der Waals surface area contributed by atoms with Crippen LogP contribution in [0.4, 0.5) is 0 Å². The lowest BCUT2D eigenvalue weighted by molar-refractivity contribution is -0.140. The van der Waals surface area contributed by atoms with Crippen LogP contribution in [0.2, 0.25) is 0 Å². The van der Waals surface area contributed by atoms with Crippen LogP contribution in [0.5, 0.6) is 0 Å². The Morgan fingerprint density at radius 2 is 2.40 bits per heavy atom. The molecule has 1 aliphatic rings. The molecule has 0 saturated carbocycles. The minimum atomic E-state index is -0.300. The zero-order valence-corrected chi connectivity index (χ0v) is 8.51. The van der Waals surface area contributed by atoms with Crippen molar-refractivity contribution >= 4 is 11.8 Å². The molecule has 82 valence electrons. The van der Waals surface area contributed by atoms with E-state index >= 15 is 0 Å². The van der Waals surface area contributed by atoms with E-state index in [2.05, 4.69) is 15.3 Å². The SMILES string of the molecule is CCC1C(=O)NC(=O)CN1CCN=[N+]=[N-]. The average molecular weight is 211 g/mol. The number of amides is 2. The van der Waals surface area contributed by atoms with E-state index in [9.17, 15) is 9.59 Å². The maximum absolute atomic E-state index is 11.4. The molecule has 0 aromatic carbocycles. The molecule has 0 aromatic rings. The number of piperazine rings is 1. The maximum atomic E-state index is 11.4. The molecule has 1 fully saturated rings. The lowest BCUT2D eigenvalue weighted by Gasteiger charge is -2.32. The van der Waals surface area contributed by atoms with Gasteiger partial charge in [0, 0.05) is 18.0 Å². The summed E-state index contributed by atoms with van der Waals surface area (Å²) >= 11 is 0. The van der Waals surface area contributed by atoms with Crippen LogP contribution >= 0.6 is 0 Å². The van der Waals surface area contributed by atoms with Gasteiger partial charge >= 0.3 is 0 Å². The summed E-state index contributed by atoms with van der Waals surface area (Å²) in [5, 5.41) is 5.66. The van der Waals surface area contributed by atoms with E-state index < -0.39 is 0 Å². The summed E-state index contributed by atoms with van der Waals surface area (Å²) in [6, 6.07) is -0.295. The second kappa shape index (κ2) is 5.33. The molecular formula is C8H13N5O2. The van der Waals surface area contributed by atoms with Gasteiger partial charge < -0.3 is 0 Å². The summed E-state index contributed by atoms with van der Waals surface area (Å²) in [5.74, 6) is -0.569. The van der Waals surface area contributed by atoms with Gasteiger partial charge in [0.25, 0.3) is 0 Å². The number of nitrogens with zero attached hydrogens (tertiary/aromatic N) is 4. The standard InChI is InChI=1S/C8H13N5O2/c1-2-6-8(15)11-7(14)5-13(6)4-3-10-12-9/h6H,2-5H2,1H3,(H,11,14,15). The Hall–Kier alpha value is -1.59. The Balaban J connectivity index is 2.60. The van der Waals surface area contributed by atoms with Crippen molar-refractivity contribution in [2.75, 3.05) is 19.6 Å². The number of imide groups is 1. The van der Waals surface area contributed by atoms with Crippen molar-refractivity contribution < 1.29 is 9.59 Å². The normalized spacial score (nSPS) is 22.1. The Kier molecular flexibility index (Phi) is 4.08. The summed E-state index contributed by atoms with van der Waals surface area (Å²) in [7, 11) is 0. The van der Waals surface area contributed by atoms with Crippen molar-refractivity contribution in [3.8, 4) is 0 Å². The quantitative estimate of drug-likeness (QED) is 0.307. The molecule has 1 rings (SSSR count). The van der Waals surface area contributed by atoms with Crippen LogP contribution < -0.4 is 5.32 Å². The van der Waals surface area contributed by atoms with Crippen LogP contribution in [-0.4, -0.2) is 42.4 Å². The minimum Gasteiger partial charge on any atom is -0.294 e.